The van der Waals surface area contributed by atoms with E-state index in [4.69, 9.17) is 9.47 Å². The Morgan fingerprint density at radius 2 is 1.81 bits per heavy atom. The number of ether oxygens (including phenoxy) is 2. The standard InChI is InChI=1S/C21H22N2O4/c1-3-27-19(24)9-6-14-23-18-8-5-4-7-17(18)20(22-23)21(25)15-10-12-16(26-2)13-11-15/h4-5,7-8,10-13H,3,6,9,14H2,1-2H3. The topological polar surface area (TPSA) is 70.4 Å². The molecule has 3 rings (SSSR count). The Balaban J connectivity index is 1.85. The fourth-order valence-electron chi connectivity index (χ4n) is 2.95. The number of aromatic nitrogens is 2. The fraction of sp³-hybridized carbons (Fsp3) is 0.286. The Kier molecular flexibility index (Phi) is 5.86. The molecule has 6 heteroatoms. The second-order valence-electron chi connectivity index (χ2n) is 6.06. The van der Waals surface area contributed by atoms with Crippen molar-refractivity contribution in [1.29, 1.82) is 0 Å². The van der Waals surface area contributed by atoms with E-state index in [0.29, 0.717) is 43.0 Å². The monoisotopic (exact) mass is 366 g/mol. The lowest BCUT2D eigenvalue weighted by molar-refractivity contribution is -0.143. The molecule has 0 saturated carbocycles. The Labute approximate surface area is 157 Å². The molecule has 0 unspecified atom stereocenters. The highest BCUT2D eigenvalue weighted by molar-refractivity contribution is 6.14. The first-order valence-corrected chi connectivity index (χ1v) is 8.94. The van der Waals surface area contributed by atoms with Gasteiger partial charge in [0.25, 0.3) is 0 Å². The van der Waals surface area contributed by atoms with Gasteiger partial charge in [-0.05, 0) is 43.7 Å². The number of aryl methyl sites for hydroxylation is 1. The summed E-state index contributed by atoms with van der Waals surface area (Å²) < 4.78 is 11.9. The first-order valence-electron chi connectivity index (χ1n) is 8.94. The van der Waals surface area contributed by atoms with Gasteiger partial charge in [-0.1, -0.05) is 18.2 Å². The predicted molar refractivity (Wildman–Crippen MR) is 102 cm³/mol. The van der Waals surface area contributed by atoms with Crippen LogP contribution in [-0.4, -0.2) is 35.2 Å². The summed E-state index contributed by atoms with van der Waals surface area (Å²) in [5.41, 5.74) is 1.84. The third kappa shape index (κ3) is 4.16. The van der Waals surface area contributed by atoms with E-state index < -0.39 is 0 Å². The largest absolute Gasteiger partial charge is 0.497 e. The maximum atomic E-state index is 12.9. The van der Waals surface area contributed by atoms with Crippen molar-refractivity contribution in [3.63, 3.8) is 0 Å². The van der Waals surface area contributed by atoms with Gasteiger partial charge in [-0.3, -0.25) is 14.3 Å². The summed E-state index contributed by atoms with van der Waals surface area (Å²) in [5, 5.41) is 5.34. The number of carbonyl (C=O) groups excluding carboxylic acids is 2. The van der Waals surface area contributed by atoms with Gasteiger partial charge in [0.05, 0.1) is 19.2 Å². The Morgan fingerprint density at radius 3 is 2.52 bits per heavy atom. The third-order valence-corrected chi connectivity index (χ3v) is 4.28. The lowest BCUT2D eigenvalue weighted by Crippen LogP contribution is -2.08. The number of nitrogens with zero attached hydrogens (tertiary/aromatic N) is 2. The van der Waals surface area contributed by atoms with Crippen molar-refractivity contribution >= 4 is 22.7 Å². The first-order chi connectivity index (χ1) is 13.1. The zero-order chi connectivity index (χ0) is 19.2. The number of hydrogen-bond donors (Lipinski definition) is 0. The summed E-state index contributed by atoms with van der Waals surface area (Å²) in [5.74, 6) is 0.336. The van der Waals surface area contributed by atoms with E-state index in [1.165, 1.54) is 0 Å². The number of rotatable bonds is 8. The molecule has 0 bridgehead atoms. The average Bonchev–Trinajstić information content (AvgIpc) is 3.06. The molecule has 0 aliphatic heterocycles. The molecule has 140 valence electrons. The molecule has 27 heavy (non-hydrogen) atoms. The molecule has 6 nitrogen and oxygen atoms in total. The molecule has 1 heterocycles. The van der Waals surface area contributed by atoms with E-state index in [9.17, 15) is 9.59 Å². The van der Waals surface area contributed by atoms with Gasteiger partial charge in [-0.25, -0.2) is 0 Å². The summed E-state index contributed by atoms with van der Waals surface area (Å²) in [7, 11) is 1.59. The van der Waals surface area contributed by atoms with Crippen LogP contribution >= 0.6 is 0 Å². The smallest absolute Gasteiger partial charge is 0.305 e. The number of carbonyl (C=O) groups is 2. The molecule has 0 amide bonds. The van der Waals surface area contributed by atoms with Crippen molar-refractivity contribution in [2.75, 3.05) is 13.7 Å². The minimum absolute atomic E-state index is 0.141. The molecule has 3 aromatic rings. The van der Waals surface area contributed by atoms with Gasteiger partial charge in [0.15, 0.2) is 0 Å². The second-order valence-corrected chi connectivity index (χ2v) is 6.06. The Bertz CT molecular complexity index is 944. The summed E-state index contributed by atoms with van der Waals surface area (Å²) in [4.78, 5) is 24.5. The highest BCUT2D eigenvalue weighted by Crippen LogP contribution is 2.22. The van der Waals surface area contributed by atoms with Crippen LogP contribution < -0.4 is 4.74 Å². The van der Waals surface area contributed by atoms with Crippen molar-refractivity contribution in [3.8, 4) is 5.75 Å². The van der Waals surface area contributed by atoms with Crippen LogP contribution in [0.4, 0.5) is 0 Å². The zero-order valence-corrected chi connectivity index (χ0v) is 15.5. The van der Waals surface area contributed by atoms with Crippen LogP contribution in [0.25, 0.3) is 10.9 Å². The van der Waals surface area contributed by atoms with Crippen molar-refractivity contribution < 1.29 is 19.1 Å². The molecule has 0 N–H and O–H groups in total. The van der Waals surface area contributed by atoms with Gasteiger partial charge in [-0.15, -0.1) is 0 Å². The minimum Gasteiger partial charge on any atom is -0.497 e. The number of ketones is 1. The van der Waals surface area contributed by atoms with Crippen molar-refractivity contribution in [3.05, 3.63) is 59.8 Å². The molecule has 0 aliphatic carbocycles. The van der Waals surface area contributed by atoms with Crippen molar-refractivity contribution in [1.82, 2.24) is 9.78 Å². The normalized spacial score (nSPS) is 10.7. The van der Waals surface area contributed by atoms with Crippen LogP contribution in [0.2, 0.25) is 0 Å². The van der Waals surface area contributed by atoms with E-state index >= 15 is 0 Å². The first kappa shape index (κ1) is 18.6. The van der Waals surface area contributed by atoms with E-state index in [0.717, 1.165) is 10.9 Å². The molecule has 0 atom stereocenters. The lowest BCUT2D eigenvalue weighted by atomic mass is 10.1. The summed E-state index contributed by atoms with van der Waals surface area (Å²) in [6.45, 7) is 2.70. The number of para-hydroxylation sites is 1. The van der Waals surface area contributed by atoms with Gasteiger partial charge < -0.3 is 9.47 Å². The van der Waals surface area contributed by atoms with E-state index in [1.807, 2.05) is 24.3 Å². The summed E-state index contributed by atoms with van der Waals surface area (Å²) >= 11 is 0. The van der Waals surface area contributed by atoms with Crippen molar-refractivity contribution in [2.45, 2.75) is 26.3 Å². The van der Waals surface area contributed by atoms with Crippen LogP contribution in [-0.2, 0) is 16.1 Å². The number of benzene rings is 2. The molecule has 0 aliphatic rings. The molecular weight excluding hydrogens is 344 g/mol. The Morgan fingerprint density at radius 1 is 1.07 bits per heavy atom. The molecular formula is C21H22N2O4. The minimum atomic E-state index is -0.219. The SMILES string of the molecule is CCOC(=O)CCCn1nc(C(=O)c2ccc(OC)cc2)c2ccccc21. The maximum Gasteiger partial charge on any atom is 0.305 e. The van der Waals surface area contributed by atoms with Crippen LogP contribution in [0.5, 0.6) is 5.75 Å². The molecule has 0 radical (unpaired) electrons. The second kappa shape index (κ2) is 8.49. The number of fused-ring (bicyclic) bond motifs is 1. The summed E-state index contributed by atoms with van der Waals surface area (Å²) in [6, 6.07) is 14.6. The van der Waals surface area contributed by atoms with Gasteiger partial charge >= 0.3 is 5.97 Å². The fourth-order valence-corrected chi connectivity index (χ4v) is 2.95. The molecule has 0 fully saturated rings. The van der Waals surface area contributed by atoms with E-state index in [-0.39, 0.29) is 11.8 Å². The lowest BCUT2D eigenvalue weighted by Gasteiger charge is -2.04. The average molecular weight is 366 g/mol. The number of esters is 1. The van der Waals surface area contributed by atoms with Crippen LogP contribution in [0.3, 0.4) is 0 Å². The summed E-state index contributed by atoms with van der Waals surface area (Å²) in [6.07, 6.45) is 0.921. The quantitative estimate of drug-likeness (QED) is 0.450. The molecule has 2 aromatic carbocycles. The molecule has 0 spiro atoms. The zero-order valence-electron chi connectivity index (χ0n) is 15.5. The van der Waals surface area contributed by atoms with Gasteiger partial charge in [0, 0.05) is 23.9 Å². The van der Waals surface area contributed by atoms with Crippen LogP contribution in [0.1, 0.15) is 35.8 Å². The van der Waals surface area contributed by atoms with E-state index in [2.05, 4.69) is 5.10 Å². The molecule has 1 aromatic heterocycles. The van der Waals surface area contributed by atoms with Crippen LogP contribution in [0, 0.1) is 0 Å². The Hall–Kier alpha value is -3.15. The van der Waals surface area contributed by atoms with E-state index in [1.54, 1.807) is 43.0 Å². The number of hydrogen-bond acceptors (Lipinski definition) is 5. The predicted octanol–water partition coefficient (Wildman–Crippen LogP) is 3.62. The number of methoxy groups -OCH3 is 1. The van der Waals surface area contributed by atoms with Gasteiger partial charge in [0.2, 0.25) is 5.78 Å². The maximum absolute atomic E-state index is 12.9. The van der Waals surface area contributed by atoms with Crippen LogP contribution in [0.15, 0.2) is 48.5 Å². The highest BCUT2D eigenvalue weighted by atomic mass is 16.5. The third-order valence-electron chi connectivity index (χ3n) is 4.28. The van der Waals surface area contributed by atoms with Crippen molar-refractivity contribution in [2.24, 2.45) is 0 Å². The van der Waals surface area contributed by atoms with Gasteiger partial charge in [0.1, 0.15) is 11.4 Å². The molecule has 0 saturated heterocycles. The highest BCUT2D eigenvalue weighted by Gasteiger charge is 2.18. The van der Waals surface area contributed by atoms with Gasteiger partial charge in [-0.2, -0.15) is 5.10 Å².